The van der Waals surface area contributed by atoms with Gasteiger partial charge < -0.3 is 19.9 Å². The summed E-state index contributed by atoms with van der Waals surface area (Å²) in [4.78, 5) is 27.8. The molecule has 29 heavy (non-hydrogen) atoms. The van der Waals surface area contributed by atoms with E-state index in [0.717, 1.165) is 36.4 Å². The number of fused-ring (bicyclic) bond motifs is 1. The summed E-state index contributed by atoms with van der Waals surface area (Å²) in [6.45, 7) is 6.49. The molecule has 2 aromatic rings. The molecule has 2 aromatic heterocycles. The number of hydrogen-bond acceptors (Lipinski definition) is 7. The van der Waals surface area contributed by atoms with Crippen molar-refractivity contribution >= 4 is 34.0 Å². The van der Waals surface area contributed by atoms with Crippen LogP contribution < -0.4 is 10.2 Å². The lowest BCUT2D eigenvalue weighted by Crippen LogP contribution is -2.40. The highest BCUT2D eigenvalue weighted by Crippen LogP contribution is 2.32. The monoisotopic (exact) mass is 417 g/mol. The van der Waals surface area contributed by atoms with Crippen LogP contribution in [0.3, 0.4) is 0 Å². The molecule has 2 aliphatic rings. The maximum Gasteiger partial charge on any atom is 0.289 e. The Morgan fingerprint density at radius 3 is 2.79 bits per heavy atom. The van der Waals surface area contributed by atoms with E-state index in [0.29, 0.717) is 25.8 Å². The first-order chi connectivity index (χ1) is 14.1. The van der Waals surface area contributed by atoms with Gasteiger partial charge in [-0.25, -0.2) is 9.97 Å². The summed E-state index contributed by atoms with van der Waals surface area (Å²) in [6, 6.07) is 0.648. The van der Waals surface area contributed by atoms with Crippen LogP contribution in [0.25, 0.3) is 10.9 Å². The van der Waals surface area contributed by atoms with Crippen LogP contribution in [-0.2, 0) is 4.74 Å². The minimum absolute atomic E-state index is 0.192. The van der Waals surface area contributed by atoms with Crippen LogP contribution in [-0.4, -0.2) is 73.3 Å². The number of amides is 1. The molecule has 0 radical (unpaired) electrons. The predicted octanol–water partition coefficient (Wildman–Crippen LogP) is 2.83. The van der Waals surface area contributed by atoms with Crippen molar-refractivity contribution in [1.29, 1.82) is 0 Å². The number of morpholine rings is 1. The number of likely N-dealkylation sites (N-methyl/N-ethyl adjacent to an activating group) is 1. The number of anilines is 1. The number of carbonyl (C=O) groups excluding carboxylic acids is 1. The van der Waals surface area contributed by atoms with Crippen molar-refractivity contribution in [1.82, 2.24) is 20.2 Å². The molecule has 0 atom stereocenters. The number of thiophene rings is 1. The number of nitrogens with zero attached hydrogens (tertiary/aromatic N) is 4. The summed E-state index contributed by atoms with van der Waals surface area (Å²) in [5, 5.41) is 6.10. The van der Waals surface area contributed by atoms with Gasteiger partial charge in [0.25, 0.3) is 5.91 Å². The quantitative estimate of drug-likeness (QED) is 0.779. The third-order valence-corrected chi connectivity index (χ3v) is 6.98. The molecule has 1 aliphatic carbocycles. The van der Waals surface area contributed by atoms with Crippen molar-refractivity contribution in [2.24, 2.45) is 0 Å². The number of aromatic nitrogens is 2. The lowest BCUT2D eigenvalue weighted by Gasteiger charge is -2.31. The van der Waals surface area contributed by atoms with Crippen molar-refractivity contribution in [2.75, 3.05) is 51.3 Å². The van der Waals surface area contributed by atoms with E-state index in [1.54, 1.807) is 11.3 Å². The molecule has 3 heterocycles. The molecule has 1 aliphatic heterocycles. The molecule has 158 valence electrons. The number of carbonyl (C=O) groups is 1. The maximum atomic E-state index is 12.8. The summed E-state index contributed by atoms with van der Waals surface area (Å²) in [5.41, 5.74) is 0.855. The van der Waals surface area contributed by atoms with E-state index in [1.807, 2.05) is 5.38 Å². The Morgan fingerprint density at radius 1 is 1.28 bits per heavy atom. The molecule has 1 saturated carbocycles. The van der Waals surface area contributed by atoms with E-state index in [9.17, 15) is 4.79 Å². The zero-order valence-electron chi connectivity index (χ0n) is 17.4. The highest BCUT2D eigenvalue weighted by atomic mass is 32.1. The Bertz CT molecular complexity index is 843. The molecule has 1 N–H and O–H groups in total. The molecule has 0 unspecified atom stereocenters. The van der Waals surface area contributed by atoms with E-state index in [1.165, 1.54) is 37.0 Å². The summed E-state index contributed by atoms with van der Waals surface area (Å²) in [5.74, 6) is 0.931. The predicted molar refractivity (Wildman–Crippen MR) is 117 cm³/mol. The Balaban J connectivity index is 1.44. The van der Waals surface area contributed by atoms with Crippen LogP contribution in [0.15, 0.2) is 5.38 Å². The topological polar surface area (TPSA) is 70.6 Å². The molecular formula is C21H31N5O2S. The first-order valence-corrected chi connectivity index (χ1v) is 11.6. The summed E-state index contributed by atoms with van der Waals surface area (Å²) in [6.07, 6.45) is 6.53. The van der Waals surface area contributed by atoms with Gasteiger partial charge in [-0.3, -0.25) is 4.79 Å². The number of hydrogen-bond donors (Lipinski definition) is 1. The highest BCUT2D eigenvalue weighted by molar-refractivity contribution is 7.11. The maximum absolute atomic E-state index is 12.8. The molecule has 1 saturated heterocycles. The van der Waals surface area contributed by atoms with Gasteiger partial charge in [-0.05, 0) is 26.8 Å². The van der Waals surface area contributed by atoms with Crippen LogP contribution in [0.2, 0.25) is 0 Å². The lowest BCUT2D eigenvalue weighted by molar-refractivity contribution is 0.0934. The Labute approximate surface area is 176 Å². The molecule has 0 aromatic carbocycles. The van der Waals surface area contributed by atoms with Crippen LogP contribution in [0.4, 0.5) is 5.82 Å². The van der Waals surface area contributed by atoms with Crippen LogP contribution >= 0.6 is 11.3 Å². The fraction of sp³-hybridized carbons (Fsp3) is 0.667. The largest absolute Gasteiger partial charge is 0.378 e. The van der Waals surface area contributed by atoms with Gasteiger partial charge in [0.05, 0.1) is 24.1 Å². The molecular weight excluding hydrogens is 386 g/mol. The van der Waals surface area contributed by atoms with Crippen LogP contribution in [0.5, 0.6) is 0 Å². The zero-order chi connectivity index (χ0) is 20.2. The first kappa shape index (κ1) is 20.5. The Morgan fingerprint density at radius 2 is 2.03 bits per heavy atom. The minimum atomic E-state index is -0.192. The van der Waals surface area contributed by atoms with Crippen molar-refractivity contribution in [3.8, 4) is 0 Å². The number of aryl methyl sites for hydroxylation is 1. The molecule has 1 amide bonds. The van der Waals surface area contributed by atoms with Gasteiger partial charge in [0.2, 0.25) is 5.82 Å². The van der Waals surface area contributed by atoms with Gasteiger partial charge in [0.15, 0.2) is 0 Å². The van der Waals surface area contributed by atoms with Gasteiger partial charge in [0.1, 0.15) is 5.82 Å². The smallest absolute Gasteiger partial charge is 0.289 e. The molecule has 8 heteroatoms. The number of ether oxygens (including phenoxy) is 1. The van der Waals surface area contributed by atoms with E-state index in [-0.39, 0.29) is 11.7 Å². The van der Waals surface area contributed by atoms with Crippen molar-refractivity contribution in [2.45, 2.75) is 45.1 Å². The normalized spacial score (nSPS) is 18.5. The standard InChI is InChI=1S/C21H31N5O2S/c1-15-18-17(14-29-15)23-19(24-20(18)26-10-12-28-13-11-26)21(27)22-8-9-25(2)16-6-4-3-5-7-16/h14,16H,3-13H2,1-2H3,(H,22,27). The SMILES string of the molecule is Cc1scc2nc(C(=O)NCCN(C)C3CCCCC3)nc(N3CCOCC3)c12. The van der Waals surface area contributed by atoms with Gasteiger partial charge >= 0.3 is 0 Å². The van der Waals surface area contributed by atoms with E-state index < -0.39 is 0 Å². The van der Waals surface area contributed by atoms with Crippen molar-refractivity contribution in [3.05, 3.63) is 16.1 Å². The van der Waals surface area contributed by atoms with Gasteiger partial charge in [0, 0.05) is 42.5 Å². The molecule has 0 bridgehead atoms. The fourth-order valence-electron chi connectivity index (χ4n) is 4.33. The first-order valence-electron chi connectivity index (χ1n) is 10.7. The van der Waals surface area contributed by atoms with Crippen LogP contribution in [0.1, 0.15) is 47.6 Å². The lowest BCUT2D eigenvalue weighted by atomic mass is 9.94. The second kappa shape index (κ2) is 9.36. The summed E-state index contributed by atoms with van der Waals surface area (Å²) in [7, 11) is 2.16. The van der Waals surface area contributed by atoms with Gasteiger partial charge in [-0.15, -0.1) is 11.3 Å². The third kappa shape index (κ3) is 4.70. The number of rotatable bonds is 6. The number of nitrogens with one attached hydrogen (secondary N) is 1. The highest BCUT2D eigenvalue weighted by Gasteiger charge is 2.22. The van der Waals surface area contributed by atoms with E-state index in [4.69, 9.17) is 4.74 Å². The second-order valence-corrected chi connectivity index (χ2v) is 9.13. The minimum Gasteiger partial charge on any atom is -0.378 e. The Hall–Kier alpha value is -1.77. The van der Waals surface area contributed by atoms with Gasteiger partial charge in [-0.2, -0.15) is 0 Å². The van der Waals surface area contributed by atoms with E-state index in [2.05, 4.69) is 39.1 Å². The van der Waals surface area contributed by atoms with Crippen LogP contribution in [0, 0.1) is 6.92 Å². The fourth-order valence-corrected chi connectivity index (χ4v) is 5.10. The van der Waals surface area contributed by atoms with Crippen molar-refractivity contribution < 1.29 is 9.53 Å². The second-order valence-electron chi connectivity index (χ2n) is 8.05. The average molecular weight is 418 g/mol. The summed E-state index contributed by atoms with van der Waals surface area (Å²) >= 11 is 1.66. The Kier molecular flexibility index (Phi) is 6.62. The van der Waals surface area contributed by atoms with Gasteiger partial charge in [-0.1, -0.05) is 19.3 Å². The zero-order valence-corrected chi connectivity index (χ0v) is 18.3. The molecule has 4 rings (SSSR count). The molecule has 7 nitrogen and oxygen atoms in total. The van der Waals surface area contributed by atoms with Crippen molar-refractivity contribution in [3.63, 3.8) is 0 Å². The third-order valence-electron chi connectivity index (χ3n) is 6.08. The van der Waals surface area contributed by atoms with E-state index >= 15 is 0 Å². The summed E-state index contributed by atoms with van der Waals surface area (Å²) < 4.78 is 5.48. The average Bonchev–Trinajstić information content (AvgIpc) is 3.15. The molecule has 2 fully saturated rings. The molecule has 0 spiro atoms.